The van der Waals surface area contributed by atoms with Gasteiger partial charge in [0.2, 0.25) is 15.8 Å². The molecular formula is C26H22F3N5O3S. The second-order valence-corrected chi connectivity index (χ2v) is 11.7. The summed E-state index contributed by atoms with van der Waals surface area (Å²) in [6.45, 7) is 0. The quantitative estimate of drug-likeness (QED) is 0.317. The van der Waals surface area contributed by atoms with Crippen LogP contribution in [0.1, 0.15) is 59.8 Å². The van der Waals surface area contributed by atoms with Crippen LogP contribution in [0.5, 0.6) is 0 Å². The predicted molar refractivity (Wildman–Crippen MR) is 134 cm³/mol. The van der Waals surface area contributed by atoms with Crippen molar-refractivity contribution in [2.45, 2.75) is 49.4 Å². The Morgan fingerprint density at radius 3 is 2.42 bits per heavy atom. The fourth-order valence-corrected chi connectivity index (χ4v) is 6.31. The van der Waals surface area contributed by atoms with Crippen LogP contribution in [0.3, 0.4) is 0 Å². The van der Waals surface area contributed by atoms with Crippen molar-refractivity contribution in [3.05, 3.63) is 71.6 Å². The van der Waals surface area contributed by atoms with Crippen LogP contribution in [0.2, 0.25) is 0 Å². The molecule has 0 radical (unpaired) electrons. The van der Waals surface area contributed by atoms with Crippen LogP contribution < -0.4 is 4.72 Å². The van der Waals surface area contributed by atoms with Crippen molar-refractivity contribution in [1.82, 2.24) is 19.9 Å². The molecule has 0 amide bonds. The lowest BCUT2D eigenvalue weighted by molar-refractivity contribution is 0.103. The molecule has 4 aromatic rings. The van der Waals surface area contributed by atoms with Crippen LogP contribution in [0.15, 0.2) is 43.0 Å². The lowest BCUT2D eigenvalue weighted by Crippen LogP contribution is -2.26. The molecule has 6 rings (SSSR count). The van der Waals surface area contributed by atoms with Gasteiger partial charge < -0.3 is 4.98 Å². The van der Waals surface area contributed by atoms with E-state index in [1.165, 1.54) is 6.20 Å². The topological polar surface area (TPSA) is 118 Å². The molecule has 2 fully saturated rings. The second-order valence-electron chi connectivity index (χ2n) is 9.72. The number of aromatic nitrogens is 4. The minimum Gasteiger partial charge on any atom is -0.345 e. The fraction of sp³-hybridized carbons (Fsp3) is 0.308. The Kier molecular flexibility index (Phi) is 5.93. The molecule has 3 aromatic heterocycles. The molecule has 1 aromatic carbocycles. The molecule has 2 aliphatic carbocycles. The van der Waals surface area contributed by atoms with E-state index in [-0.39, 0.29) is 24.8 Å². The number of benzene rings is 1. The number of carbonyl (C=O) groups excluding carboxylic acids is 1. The summed E-state index contributed by atoms with van der Waals surface area (Å²) in [5, 5.41) is -0.718. The fourth-order valence-electron chi connectivity index (χ4n) is 4.77. The van der Waals surface area contributed by atoms with Gasteiger partial charge in [0.25, 0.3) is 0 Å². The molecule has 2 saturated carbocycles. The summed E-state index contributed by atoms with van der Waals surface area (Å²) in [5.41, 5.74) is 0.0661. The van der Waals surface area contributed by atoms with Gasteiger partial charge in [0.05, 0.1) is 16.5 Å². The van der Waals surface area contributed by atoms with E-state index in [0.29, 0.717) is 28.1 Å². The molecule has 196 valence electrons. The predicted octanol–water partition coefficient (Wildman–Crippen LogP) is 5.04. The standard InChI is InChI=1S/C26H22F3N5O3S/c27-16-3-4-17(8-16)38(36,37)34-21-6-5-20(28)22(23(21)29)24(35)19-12-33-26-18(19)7-14(9-32-26)15-10-30-25(31-11-15)13-1-2-13/h5-7,9-13,16-17,34H,1-4,8H2,(H,32,33)/t16-,17?/m1/s1. The van der Waals surface area contributed by atoms with E-state index in [1.807, 2.05) is 0 Å². The zero-order valence-corrected chi connectivity index (χ0v) is 20.7. The van der Waals surface area contributed by atoms with Gasteiger partial charge in [-0.15, -0.1) is 0 Å². The van der Waals surface area contributed by atoms with Crippen LogP contribution in [0.4, 0.5) is 18.9 Å². The minimum atomic E-state index is -4.14. The number of nitrogens with zero attached hydrogens (tertiary/aromatic N) is 3. The molecule has 8 nitrogen and oxygen atoms in total. The summed E-state index contributed by atoms with van der Waals surface area (Å²) in [5.74, 6) is -2.32. The molecule has 3 heterocycles. The van der Waals surface area contributed by atoms with Crippen LogP contribution in [0.25, 0.3) is 22.2 Å². The third-order valence-electron chi connectivity index (χ3n) is 7.05. The zero-order chi connectivity index (χ0) is 26.6. The van der Waals surface area contributed by atoms with Gasteiger partial charge in [-0.2, -0.15) is 0 Å². The van der Waals surface area contributed by atoms with Gasteiger partial charge >= 0.3 is 0 Å². The van der Waals surface area contributed by atoms with E-state index in [0.717, 1.165) is 30.8 Å². The van der Waals surface area contributed by atoms with E-state index >= 15 is 4.39 Å². The molecule has 1 unspecified atom stereocenters. The zero-order valence-electron chi connectivity index (χ0n) is 19.9. The number of ketones is 1. The molecule has 2 atom stereocenters. The average molecular weight is 542 g/mol. The summed E-state index contributed by atoms with van der Waals surface area (Å²) in [4.78, 5) is 29.3. The highest BCUT2D eigenvalue weighted by molar-refractivity contribution is 7.93. The molecule has 2 aliphatic rings. The first-order valence-corrected chi connectivity index (χ1v) is 13.7. The van der Waals surface area contributed by atoms with Gasteiger partial charge in [-0.1, -0.05) is 0 Å². The SMILES string of the molecule is O=C(c1c(F)ccc(NS(=O)(=O)C2CC[C@@H](F)C2)c1F)c1c[nH]c2ncc(-c3cnc(C4CC4)nc3)cc12. The van der Waals surface area contributed by atoms with E-state index in [2.05, 4.69) is 24.7 Å². The summed E-state index contributed by atoms with van der Waals surface area (Å²) < 4.78 is 71.1. The van der Waals surface area contributed by atoms with Crippen molar-refractivity contribution in [1.29, 1.82) is 0 Å². The Hall–Kier alpha value is -3.80. The minimum absolute atomic E-state index is 0.0428. The number of alkyl halides is 1. The maximum absolute atomic E-state index is 15.4. The first kappa shape index (κ1) is 24.5. The lowest BCUT2D eigenvalue weighted by Gasteiger charge is -2.15. The number of anilines is 1. The largest absolute Gasteiger partial charge is 0.345 e. The van der Waals surface area contributed by atoms with E-state index < -0.39 is 50.1 Å². The molecule has 0 saturated heterocycles. The Bertz CT molecular complexity index is 1670. The van der Waals surface area contributed by atoms with Gasteiger partial charge in [-0.25, -0.2) is 36.5 Å². The number of rotatable bonds is 7. The number of H-pyrrole nitrogens is 1. The van der Waals surface area contributed by atoms with Crippen molar-refractivity contribution in [2.75, 3.05) is 4.72 Å². The molecule has 0 aliphatic heterocycles. The van der Waals surface area contributed by atoms with Gasteiger partial charge in [-0.05, 0) is 50.3 Å². The molecule has 38 heavy (non-hydrogen) atoms. The number of carbonyl (C=O) groups is 1. The smallest absolute Gasteiger partial charge is 0.235 e. The summed E-state index contributed by atoms with van der Waals surface area (Å²) in [6.07, 6.45) is 7.06. The van der Waals surface area contributed by atoms with E-state index in [1.54, 1.807) is 24.7 Å². The van der Waals surface area contributed by atoms with Crippen LogP contribution in [-0.2, 0) is 10.0 Å². The third-order valence-corrected chi connectivity index (χ3v) is 8.86. The van der Waals surface area contributed by atoms with Gasteiger partial charge in [0, 0.05) is 52.8 Å². The number of sulfonamides is 1. The summed E-state index contributed by atoms with van der Waals surface area (Å²) >= 11 is 0. The van der Waals surface area contributed by atoms with Gasteiger partial charge in [0.15, 0.2) is 5.82 Å². The number of fused-ring (bicyclic) bond motifs is 1. The Morgan fingerprint density at radius 2 is 1.74 bits per heavy atom. The summed E-state index contributed by atoms with van der Waals surface area (Å²) in [6, 6.07) is 3.37. The van der Waals surface area contributed by atoms with Crippen LogP contribution >= 0.6 is 0 Å². The van der Waals surface area contributed by atoms with E-state index in [9.17, 15) is 22.0 Å². The number of hydrogen-bond acceptors (Lipinski definition) is 6. The highest BCUT2D eigenvalue weighted by atomic mass is 32.2. The Balaban J connectivity index is 1.33. The molecule has 0 bridgehead atoms. The average Bonchev–Trinajstić information content (AvgIpc) is 3.51. The van der Waals surface area contributed by atoms with Crippen LogP contribution in [0, 0.1) is 11.6 Å². The van der Waals surface area contributed by atoms with Crippen molar-refractivity contribution >= 4 is 32.5 Å². The second kappa shape index (κ2) is 9.19. The number of hydrogen-bond donors (Lipinski definition) is 2. The first-order valence-electron chi connectivity index (χ1n) is 12.2. The van der Waals surface area contributed by atoms with Gasteiger partial charge in [-0.3, -0.25) is 9.52 Å². The van der Waals surface area contributed by atoms with Crippen molar-refractivity contribution in [3.8, 4) is 11.1 Å². The molecule has 2 N–H and O–H groups in total. The normalized spacial score (nSPS) is 19.7. The maximum atomic E-state index is 15.4. The van der Waals surface area contributed by atoms with E-state index in [4.69, 9.17) is 0 Å². The molecule has 0 spiro atoms. The lowest BCUT2D eigenvalue weighted by atomic mass is 10.0. The monoisotopic (exact) mass is 541 g/mol. The Labute approximate surface area is 215 Å². The highest BCUT2D eigenvalue weighted by Gasteiger charge is 2.35. The number of pyridine rings is 1. The molecular weight excluding hydrogens is 519 g/mol. The number of aromatic amines is 1. The maximum Gasteiger partial charge on any atom is 0.235 e. The number of nitrogens with one attached hydrogen (secondary N) is 2. The third kappa shape index (κ3) is 4.42. The van der Waals surface area contributed by atoms with Crippen molar-refractivity contribution in [2.24, 2.45) is 0 Å². The van der Waals surface area contributed by atoms with Crippen molar-refractivity contribution < 1.29 is 26.4 Å². The number of halogens is 3. The van der Waals surface area contributed by atoms with Gasteiger partial charge in [0.1, 0.15) is 23.5 Å². The Morgan fingerprint density at radius 1 is 1.00 bits per heavy atom. The van der Waals surface area contributed by atoms with Crippen LogP contribution in [-0.4, -0.2) is 45.6 Å². The molecule has 12 heteroatoms. The summed E-state index contributed by atoms with van der Waals surface area (Å²) in [7, 11) is -4.14. The highest BCUT2D eigenvalue weighted by Crippen LogP contribution is 2.38. The first-order chi connectivity index (χ1) is 18.2. The van der Waals surface area contributed by atoms with Crippen molar-refractivity contribution in [3.63, 3.8) is 0 Å².